The van der Waals surface area contributed by atoms with Crippen molar-refractivity contribution >= 4 is 66.7 Å². The van der Waals surface area contributed by atoms with E-state index in [0.717, 1.165) is 36.8 Å². The molecule has 2 aromatic heterocycles. The minimum atomic E-state index is -4.78. The number of halogens is 6. The number of nitrogens with one attached hydrogen (secondary N) is 3. The third kappa shape index (κ3) is 7.80. The molecule has 0 saturated heterocycles. The summed E-state index contributed by atoms with van der Waals surface area (Å²) in [6, 6.07) is 13.3. The lowest BCUT2D eigenvalue weighted by Crippen LogP contribution is -2.40. The number of fused-ring (bicyclic) bond motifs is 2. The van der Waals surface area contributed by atoms with E-state index in [0.29, 0.717) is 28.9 Å². The van der Waals surface area contributed by atoms with E-state index in [9.17, 15) is 44.3 Å². The van der Waals surface area contributed by atoms with Gasteiger partial charge in [-0.3, -0.25) is 14.3 Å². The normalized spacial score (nSPS) is 13.4. The molecular formula is C35H30F6N8O4S. The van der Waals surface area contributed by atoms with Crippen LogP contribution >= 0.6 is 0 Å². The summed E-state index contributed by atoms with van der Waals surface area (Å²) in [5, 5.41) is 4.92. The Morgan fingerprint density at radius 1 is 0.685 bits per heavy atom. The van der Waals surface area contributed by atoms with E-state index >= 15 is 0 Å². The zero-order chi connectivity index (χ0) is 39.2. The second kappa shape index (κ2) is 14.0. The number of anilines is 4. The maximum absolute atomic E-state index is 14.7. The Kier molecular flexibility index (Phi) is 9.78. The lowest BCUT2D eigenvalue weighted by molar-refractivity contribution is -0.138. The molecule has 2 unspecified atom stereocenters. The van der Waals surface area contributed by atoms with Gasteiger partial charge in [0.2, 0.25) is 21.8 Å². The number of nitrogens with zero attached hydrogens (tertiary/aromatic N) is 5. The molecule has 0 aliphatic heterocycles. The molecule has 0 fully saturated rings. The zero-order valence-electron chi connectivity index (χ0n) is 28.4. The van der Waals surface area contributed by atoms with Crippen molar-refractivity contribution in [2.75, 3.05) is 40.6 Å². The van der Waals surface area contributed by atoms with Gasteiger partial charge in [-0.15, -0.1) is 0 Å². The summed E-state index contributed by atoms with van der Waals surface area (Å²) < 4.78 is 112. The monoisotopic (exact) mass is 772 g/mol. The molecule has 3 N–H and O–H groups in total. The van der Waals surface area contributed by atoms with Crippen LogP contribution < -0.4 is 20.3 Å². The number of sulfonamides is 1. The molecule has 2 amide bonds. The Morgan fingerprint density at radius 3 is 1.59 bits per heavy atom. The fourth-order valence-electron chi connectivity index (χ4n) is 6.05. The molecule has 282 valence electrons. The molecule has 0 bridgehead atoms. The molecule has 0 radical (unpaired) electrons. The maximum Gasteiger partial charge on any atom is 0.416 e. The molecule has 4 aromatic carbocycles. The molecule has 2 atom stereocenters. The Hall–Kier alpha value is -6.11. The summed E-state index contributed by atoms with van der Waals surface area (Å²) in [6.45, 7) is 0. The molecule has 19 heteroatoms. The number of alkyl halides is 6. The number of benzene rings is 4. The van der Waals surface area contributed by atoms with E-state index in [1.807, 2.05) is 0 Å². The number of carbonyl (C=O) groups is 2. The van der Waals surface area contributed by atoms with Crippen LogP contribution in [0.2, 0.25) is 0 Å². The third-order valence-corrected chi connectivity index (χ3v) is 8.89. The van der Waals surface area contributed by atoms with Crippen LogP contribution in [0.25, 0.3) is 22.1 Å². The number of amides is 2. The standard InChI is InChI=1S/C35H30F6N8O4S/c1-47(2)27-15-7-13-25-29(27)49(19-43-25)31(33(51)45-23-11-5-9-21(17-23)35(39,40)41)30(32(50)44-22-10-4-8-20(16-22)34(36,37)38)48-18-42-24-12-6-14-26(28(24)48)46-54(3,52)53/h4-19,30-31,46H,1-3H3,(H,44,50)(H,45,51). The van der Waals surface area contributed by atoms with Crippen molar-refractivity contribution in [3.05, 3.63) is 109 Å². The predicted octanol–water partition coefficient (Wildman–Crippen LogP) is 6.92. The molecule has 6 aromatic rings. The highest BCUT2D eigenvalue weighted by Crippen LogP contribution is 2.38. The Labute approximate surface area is 303 Å². The minimum absolute atomic E-state index is 0.00115. The number of rotatable bonds is 10. The number of hydrogen-bond acceptors (Lipinski definition) is 7. The fraction of sp³-hybridized carbons (Fsp3) is 0.200. The highest BCUT2D eigenvalue weighted by atomic mass is 32.2. The van der Waals surface area contributed by atoms with Crippen molar-refractivity contribution in [1.29, 1.82) is 0 Å². The Morgan fingerprint density at radius 2 is 1.13 bits per heavy atom. The molecular weight excluding hydrogens is 742 g/mol. The lowest BCUT2D eigenvalue weighted by Gasteiger charge is -2.30. The molecule has 0 aliphatic rings. The molecule has 0 aliphatic carbocycles. The topological polar surface area (TPSA) is 143 Å². The van der Waals surface area contributed by atoms with Crippen LogP contribution in [0.15, 0.2) is 97.6 Å². The van der Waals surface area contributed by atoms with Crippen molar-refractivity contribution in [2.45, 2.75) is 24.4 Å². The molecule has 6 rings (SSSR count). The number of aromatic nitrogens is 4. The first-order valence-electron chi connectivity index (χ1n) is 15.8. The van der Waals surface area contributed by atoms with Gasteiger partial charge in [0.15, 0.2) is 0 Å². The summed E-state index contributed by atoms with van der Waals surface area (Å²) in [5.74, 6) is -2.11. The van der Waals surface area contributed by atoms with Crippen molar-refractivity contribution in [2.24, 2.45) is 0 Å². The van der Waals surface area contributed by atoms with Crippen LogP contribution in [-0.4, -0.2) is 59.7 Å². The molecule has 54 heavy (non-hydrogen) atoms. The first-order valence-corrected chi connectivity index (χ1v) is 17.7. The van der Waals surface area contributed by atoms with E-state index in [2.05, 4.69) is 25.3 Å². The highest BCUT2D eigenvalue weighted by Gasteiger charge is 2.40. The Bertz CT molecular complexity index is 2500. The van der Waals surface area contributed by atoms with Crippen molar-refractivity contribution in [3.63, 3.8) is 0 Å². The van der Waals surface area contributed by atoms with Crippen molar-refractivity contribution in [1.82, 2.24) is 19.1 Å². The number of imidazole rings is 2. The molecule has 12 nitrogen and oxygen atoms in total. The highest BCUT2D eigenvalue weighted by molar-refractivity contribution is 7.92. The first kappa shape index (κ1) is 37.6. The minimum Gasteiger partial charge on any atom is -0.376 e. The first-order chi connectivity index (χ1) is 25.3. The van der Waals surface area contributed by atoms with Crippen LogP contribution in [0.3, 0.4) is 0 Å². The molecule has 0 spiro atoms. The number of hydrogen-bond donors (Lipinski definition) is 3. The summed E-state index contributed by atoms with van der Waals surface area (Å²) in [5.41, 5.74) is -1.49. The van der Waals surface area contributed by atoms with Crippen LogP contribution in [0, 0.1) is 0 Å². The van der Waals surface area contributed by atoms with Gasteiger partial charge in [0.1, 0.15) is 12.1 Å². The second-order valence-corrected chi connectivity index (χ2v) is 14.2. The van der Waals surface area contributed by atoms with Gasteiger partial charge in [-0.05, 0) is 60.7 Å². The summed E-state index contributed by atoms with van der Waals surface area (Å²) in [4.78, 5) is 39.8. The van der Waals surface area contributed by atoms with Gasteiger partial charge in [-0.25, -0.2) is 18.4 Å². The van der Waals surface area contributed by atoms with Gasteiger partial charge in [0, 0.05) is 25.5 Å². The lowest BCUT2D eigenvalue weighted by atomic mass is 10.0. The number of para-hydroxylation sites is 2. The second-order valence-electron chi connectivity index (χ2n) is 12.4. The van der Waals surface area contributed by atoms with Gasteiger partial charge in [-0.1, -0.05) is 24.3 Å². The van der Waals surface area contributed by atoms with Crippen LogP contribution in [0.5, 0.6) is 0 Å². The van der Waals surface area contributed by atoms with Gasteiger partial charge in [0.05, 0.1) is 63.5 Å². The van der Waals surface area contributed by atoms with Gasteiger partial charge in [-0.2, -0.15) is 26.3 Å². The van der Waals surface area contributed by atoms with Gasteiger partial charge in [0.25, 0.3) is 0 Å². The smallest absolute Gasteiger partial charge is 0.376 e. The van der Waals surface area contributed by atoms with Crippen LogP contribution in [0.4, 0.5) is 49.1 Å². The van der Waals surface area contributed by atoms with Crippen LogP contribution in [0.1, 0.15) is 23.2 Å². The Balaban J connectivity index is 1.62. The van der Waals surface area contributed by atoms with E-state index in [-0.39, 0.29) is 28.1 Å². The largest absolute Gasteiger partial charge is 0.416 e. The third-order valence-electron chi connectivity index (χ3n) is 8.29. The maximum atomic E-state index is 14.7. The van der Waals surface area contributed by atoms with E-state index in [1.54, 1.807) is 37.2 Å². The van der Waals surface area contributed by atoms with Crippen molar-refractivity contribution in [3.8, 4) is 0 Å². The van der Waals surface area contributed by atoms with Gasteiger partial charge < -0.3 is 24.7 Å². The quantitative estimate of drug-likeness (QED) is 0.128. The van der Waals surface area contributed by atoms with Crippen molar-refractivity contribution < 1.29 is 44.3 Å². The van der Waals surface area contributed by atoms with Crippen LogP contribution in [-0.2, 0) is 32.0 Å². The average molecular weight is 773 g/mol. The molecule has 0 saturated carbocycles. The number of carbonyl (C=O) groups excluding carboxylic acids is 2. The SMILES string of the molecule is CN(C)c1cccc2ncn(C(C(=O)Nc3cccc(C(F)(F)F)c3)C(C(=O)Nc3cccc(C(F)(F)F)c3)n3cnc4cccc(NS(C)(=O)=O)c43)c12. The molecule has 2 heterocycles. The average Bonchev–Trinajstić information content (AvgIpc) is 3.71. The van der Waals surface area contributed by atoms with E-state index < -0.39 is 57.4 Å². The van der Waals surface area contributed by atoms with E-state index in [4.69, 9.17) is 0 Å². The predicted molar refractivity (Wildman–Crippen MR) is 190 cm³/mol. The summed E-state index contributed by atoms with van der Waals surface area (Å²) >= 11 is 0. The fourth-order valence-corrected chi connectivity index (χ4v) is 6.61. The van der Waals surface area contributed by atoms with E-state index in [1.165, 1.54) is 45.8 Å². The zero-order valence-corrected chi connectivity index (χ0v) is 29.3. The summed E-state index contributed by atoms with van der Waals surface area (Å²) in [6.07, 6.45) is -6.28. The summed E-state index contributed by atoms with van der Waals surface area (Å²) in [7, 11) is -0.542. The van der Waals surface area contributed by atoms with Gasteiger partial charge >= 0.3 is 12.4 Å².